The molecular formula is C14H26N2O2. The molecule has 0 aromatic rings. The molecule has 1 heterocycles. The first-order valence-corrected chi connectivity index (χ1v) is 7.32. The average molecular weight is 254 g/mol. The van der Waals surface area contributed by atoms with Crippen molar-refractivity contribution in [2.45, 2.75) is 45.1 Å². The van der Waals surface area contributed by atoms with E-state index in [0.29, 0.717) is 11.8 Å². The predicted octanol–water partition coefficient (Wildman–Crippen LogP) is 1.39. The van der Waals surface area contributed by atoms with Crippen molar-refractivity contribution in [2.75, 3.05) is 26.3 Å². The summed E-state index contributed by atoms with van der Waals surface area (Å²) in [6.07, 6.45) is 5.18. The second-order valence-corrected chi connectivity index (χ2v) is 5.72. The zero-order valence-electron chi connectivity index (χ0n) is 11.4. The van der Waals surface area contributed by atoms with E-state index in [9.17, 15) is 4.79 Å². The largest absolute Gasteiger partial charge is 0.381 e. The molecule has 0 bridgehead atoms. The van der Waals surface area contributed by atoms with E-state index in [1.54, 1.807) is 0 Å². The lowest BCUT2D eigenvalue weighted by Crippen LogP contribution is -2.39. The smallest absolute Gasteiger partial charge is 0.225 e. The monoisotopic (exact) mass is 254 g/mol. The predicted molar refractivity (Wildman–Crippen MR) is 71.1 cm³/mol. The van der Waals surface area contributed by atoms with Crippen LogP contribution in [-0.2, 0) is 9.53 Å². The molecule has 4 nitrogen and oxygen atoms in total. The summed E-state index contributed by atoms with van der Waals surface area (Å²) in [5.41, 5.74) is 5.96. The minimum absolute atomic E-state index is 0.180. The maximum absolute atomic E-state index is 12.4. The van der Waals surface area contributed by atoms with Crippen molar-refractivity contribution >= 4 is 5.91 Å². The molecule has 2 N–H and O–H groups in total. The third kappa shape index (κ3) is 3.45. The SMILES string of the molecule is CCOCC1CCN(C(=O)C2CCCC(N)C2)C1. The van der Waals surface area contributed by atoms with Gasteiger partial charge in [0.25, 0.3) is 0 Å². The van der Waals surface area contributed by atoms with Gasteiger partial charge in [0.05, 0.1) is 6.61 Å². The Morgan fingerprint density at radius 1 is 1.39 bits per heavy atom. The van der Waals surface area contributed by atoms with Crippen LogP contribution in [0.2, 0.25) is 0 Å². The van der Waals surface area contributed by atoms with Gasteiger partial charge in [0, 0.05) is 37.6 Å². The number of likely N-dealkylation sites (tertiary alicyclic amines) is 1. The molecule has 4 heteroatoms. The molecule has 2 rings (SSSR count). The van der Waals surface area contributed by atoms with E-state index in [4.69, 9.17) is 10.5 Å². The molecule has 2 fully saturated rings. The maximum atomic E-state index is 12.4. The molecule has 1 saturated heterocycles. The van der Waals surface area contributed by atoms with Crippen molar-refractivity contribution in [1.82, 2.24) is 4.90 Å². The summed E-state index contributed by atoms with van der Waals surface area (Å²) in [6, 6.07) is 0.231. The van der Waals surface area contributed by atoms with Crippen LogP contribution in [0, 0.1) is 11.8 Å². The first kappa shape index (κ1) is 13.8. The van der Waals surface area contributed by atoms with Gasteiger partial charge in [0.15, 0.2) is 0 Å². The number of rotatable bonds is 4. The highest BCUT2D eigenvalue weighted by Gasteiger charge is 2.32. The van der Waals surface area contributed by atoms with Crippen LogP contribution >= 0.6 is 0 Å². The van der Waals surface area contributed by atoms with E-state index < -0.39 is 0 Å². The molecule has 104 valence electrons. The molecule has 0 spiro atoms. The normalized spacial score (nSPS) is 32.8. The third-order valence-corrected chi connectivity index (χ3v) is 4.22. The molecule has 1 amide bonds. The highest BCUT2D eigenvalue weighted by Crippen LogP contribution is 2.27. The van der Waals surface area contributed by atoms with Crippen molar-refractivity contribution in [3.8, 4) is 0 Å². The van der Waals surface area contributed by atoms with E-state index in [1.165, 1.54) is 0 Å². The first-order chi connectivity index (χ1) is 8.70. The second kappa shape index (κ2) is 6.53. The lowest BCUT2D eigenvalue weighted by molar-refractivity contribution is -0.135. The van der Waals surface area contributed by atoms with Crippen LogP contribution in [0.1, 0.15) is 39.0 Å². The van der Waals surface area contributed by atoms with Crippen LogP contribution in [0.5, 0.6) is 0 Å². The fourth-order valence-electron chi connectivity index (χ4n) is 3.16. The van der Waals surface area contributed by atoms with Crippen LogP contribution < -0.4 is 5.73 Å². The molecule has 0 radical (unpaired) electrons. The summed E-state index contributed by atoms with van der Waals surface area (Å²) >= 11 is 0. The molecule has 2 aliphatic rings. The number of carbonyl (C=O) groups is 1. The summed E-state index contributed by atoms with van der Waals surface area (Å²) in [4.78, 5) is 14.4. The summed E-state index contributed by atoms with van der Waals surface area (Å²) in [6.45, 7) is 5.36. The van der Waals surface area contributed by atoms with Crippen molar-refractivity contribution in [3.05, 3.63) is 0 Å². The van der Waals surface area contributed by atoms with Crippen LogP contribution in [-0.4, -0.2) is 43.2 Å². The zero-order chi connectivity index (χ0) is 13.0. The molecule has 3 atom stereocenters. The number of carbonyl (C=O) groups excluding carboxylic acids is 1. The number of ether oxygens (including phenoxy) is 1. The number of amides is 1. The number of hydrogen-bond donors (Lipinski definition) is 1. The molecule has 0 aromatic heterocycles. The molecule has 3 unspecified atom stereocenters. The van der Waals surface area contributed by atoms with Crippen molar-refractivity contribution < 1.29 is 9.53 Å². The standard InChI is InChI=1S/C14H26N2O2/c1-2-18-10-11-6-7-16(9-11)14(17)12-4-3-5-13(15)8-12/h11-13H,2-10,15H2,1H3. The van der Waals surface area contributed by atoms with Crippen LogP contribution in [0.4, 0.5) is 0 Å². The minimum Gasteiger partial charge on any atom is -0.381 e. The molecular weight excluding hydrogens is 228 g/mol. The van der Waals surface area contributed by atoms with E-state index >= 15 is 0 Å². The van der Waals surface area contributed by atoms with Gasteiger partial charge in [-0.15, -0.1) is 0 Å². The van der Waals surface area contributed by atoms with Crippen LogP contribution in [0.25, 0.3) is 0 Å². The Balaban J connectivity index is 1.79. The summed E-state index contributed by atoms with van der Waals surface area (Å²) in [5.74, 6) is 1.05. The van der Waals surface area contributed by atoms with E-state index in [0.717, 1.165) is 58.4 Å². The molecule has 18 heavy (non-hydrogen) atoms. The Morgan fingerprint density at radius 3 is 2.94 bits per heavy atom. The summed E-state index contributed by atoms with van der Waals surface area (Å²) in [7, 11) is 0. The summed E-state index contributed by atoms with van der Waals surface area (Å²) < 4.78 is 5.45. The van der Waals surface area contributed by atoms with Crippen molar-refractivity contribution in [3.63, 3.8) is 0 Å². The van der Waals surface area contributed by atoms with E-state index in [2.05, 4.69) is 0 Å². The molecule has 1 saturated carbocycles. The minimum atomic E-state index is 0.180. The van der Waals surface area contributed by atoms with Crippen molar-refractivity contribution in [1.29, 1.82) is 0 Å². The number of nitrogens with two attached hydrogens (primary N) is 1. The Morgan fingerprint density at radius 2 is 2.22 bits per heavy atom. The highest BCUT2D eigenvalue weighted by molar-refractivity contribution is 5.79. The quantitative estimate of drug-likeness (QED) is 0.825. The summed E-state index contributed by atoms with van der Waals surface area (Å²) in [5, 5.41) is 0. The van der Waals surface area contributed by atoms with Crippen molar-refractivity contribution in [2.24, 2.45) is 17.6 Å². The molecule has 1 aliphatic carbocycles. The fourth-order valence-corrected chi connectivity index (χ4v) is 3.16. The zero-order valence-corrected chi connectivity index (χ0v) is 11.4. The van der Waals surface area contributed by atoms with E-state index in [1.807, 2.05) is 11.8 Å². The molecule has 0 aromatic carbocycles. The Labute approximate surface area is 110 Å². The first-order valence-electron chi connectivity index (χ1n) is 7.32. The Kier molecular flexibility index (Phi) is 5.01. The number of hydrogen-bond acceptors (Lipinski definition) is 3. The van der Waals surface area contributed by atoms with Gasteiger partial charge in [0.2, 0.25) is 5.91 Å². The van der Waals surface area contributed by atoms with Gasteiger partial charge in [-0.3, -0.25) is 4.79 Å². The van der Waals surface area contributed by atoms with E-state index in [-0.39, 0.29) is 12.0 Å². The highest BCUT2D eigenvalue weighted by atomic mass is 16.5. The fraction of sp³-hybridized carbons (Fsp3) is 0.929. The molecule has 1 aliphatic heterocycles. The number of nitrogens with zero attached hydrogens (tertiary/aromatic N) is 1. The van der Waals surface area contributed by atoms with Gasteiger partial charge in [0.1, 0.15) is 0 Å². The third-order valence-electron chi connectivity index (χ3n) is 4.22. The van der Waals surface area contributed by atoms with Gasteiger partial charge < -0.3 is 15.4 Å². The lowest BCUT2D eigenvalue weighted by Gasteiger charge is -2.29. The lowest BCUT2D eigenvalue weighted by atomic mass is 9.85. The second-order valence-electron chi connectivity index (χ2n) is 5.72. The van der Waals surface area contributed by atoms with Gasteiger partial charge in [-0.1, -0.05) is 6.42 Å². The van der Waals surface area contributed by atoms with Gasteiger partial charge in [-0.25, -0.2) is 0 Å². The topological polar surface area (TPSA) is 55.6 Å². The van der Waals surface area contributed by atoms with Gasteiger partial charge >= 0.3 is 0 Å². The van der Waals surface area contributed by atoms with Gasteiger partial charge in [-0.2, -0.15) is 0 Å². The Hall–Kier alpha value is -0.610. The maximum Gasteiger partial charge on any atom is 0.225 e. The van der Waals surface area contributed by atoms with Gasteiger partial charge in [-0.05, 0) is 32.6 Å². The van der Waals surface area contributed by atoms with Crippen LogP contribution in [0.3, 0.4) is 0 Å². The van der Waals surface area contributed by atoms with Crippen LogP contribution in [0.15, 0.2) is 0 Å². The Bertz CT molecular complexity index is 283. The average Bonchev–Trinajstić information content (AvgIpc) is 2.84.